The summed E-state index contributed by atoms with van der Waals surface area (Å²) >= 11 is 18.1. The lowest BCUT2D eigenvalue weighted by atomic mass is 10.2. The van der Waals surface area contributed by atoms with Crippen molar-refractivity contribution in [2.45, 2.75) is 19.4 Å². The summed E-state index contributed by atoms with van der Waals surface area (Å²) in [4.78, 5) is 12.8. The van der Waals surface area contributed by atoms with Crippen molar-refractivity contribution in [1.82, 2.24) is 0 Å². The molecule has 0 fully saturated rings. The molecule has 0 radical (unpaired) electrons. The number of sulfonamides is 1. The van der Waals surface area contributed by atoms with Gasteiger partial charge in [-0.3, -0.25) is 9.10 Å². The van der Waals surface area contributed by atoms with Gasteiger partial charge >= 0.3 is 0 Å². The van der Waals surface area contributed by atoms with Crippen LogP contribution in [0.4, 0.5) is 11.4 Å². The van der Waals surface area contributed by atoms with Gasteiger partial charge in [-0.15, -0.1) is 0 Å². The number of benzene rings is 2. The molecule has 9 heteroatoms. The zero-order chi connectivity index (χ0) is 19.5. The molecule has 5 nitrogen and oxygen atoms in total. The molecule has 0 aromatic heterocycles. The number of nitrogens with one attached hydrogen (secondary N) is 1. The Morgan fingerprint density at radius 3 is 2.19 bits per heavy atom. The van der Waals surface area contributed by atoms with Gasteiger partial charge in [0.05, 0.1) is 27.7 Å². The fourth-order valence-corrected chi connectivity index (χ4v) is 4.38. The van der Waals surface area contributed by atoms with E-state index in [1.165, 1.54) is 6.07 Å². The molecule has 1 atom stereocenters. The summed E-state index contributed by atoms with van der Waals surface area (Å²) in [6, 6.07) is 10.1. The van der Waals surface area contributed by atoms with Crippen LogP contribution < -0.4 is 9.62 Å². The van der Waals surface area contributed by atoms with Crippen molar-refractivity contribution in [1.29, 1.82) is 0 Å². The molecule has 0 aliphatic rings. The smallest absolute Gasteiger partial charge is 0.248 e. The Morgan fingerprint density at radius 2 is 1.69 bits per heavy atom. The largest absolute Gasteiger partial charge is 0.322 e. The zero-order valence-corrected chi connectivity index (χ0v) is 17.1. The summed E-state index contributed by atoms with van der Waals surface area (Å²) in [7, 11) is -3.76. The van der Waals surface area contributed by atoms with Gasteiger partial charge in [-0.25, -0.2) is 8.42 Å². The second-order valence-corrected chi connectivity index (χ2v) is 8.66. The number of rotatable bonds is 6. The van der Waals surface area contributed by atoms with Gasteiger partial charge in [0.15, 0.2) is 0 Å². The summed E-state index contributed by atoms with van der Waals surface area (Å²) in [5.41, 5.74) is 0.533. The summed E-state index contributed by atoms with van der Waals surface area (Å²) in [5, 5.41) is 3.50. The molecule has 0 aliphatic carbocycles. The first-order valence-corrected chi connectivity index (χ1v) is 10.6. The first kappa shape index (κ1) is 20.8. The highest BCUT2D eigenvalue weighted by atomic mass is 35.5. The van der Waals surface area contributed by atoms with Gasteiger partial charge in [-0.05, 0) is 36.8 Å². The number of amides is 1. The van der Waals surface area contributed by atoms with Crippen LogP contribution >= 0.6 is 34.8 Å². The highest BCUT2D eigenvalue weighted by Gasteiger charge is 2.32. The highest BCUT2D eigenvalue weighted by Crippen LogP contribution is 2.31. The molecule has 140 valence electrons. The number of hydrogen-bond donors (Lipinski definition) is 1. The third-order valence-corrected chi connectivity index (χ3v) is 5.65. The minimum atomic E-state index is -3.76. The monoisotopic (exact) mass is 434 g/mol. The maximum absolute atomic E-state index is 12.8. The van der Waals surface area contributed by atoms with E-state index in [1.807, 2.05) is 0 Å². The Balaban J connectivity index is 2.43. The summed E-state index contributed by atoms with van der Waals surface area (Å²) in [6.07, 6.45) is 1.26. The quantitative estimate of drug-likeness (QED) is 0.706. The number of carbonyl (C=O) groups excluding carboxylic acids is 1. The van der Waals surface area contributed by atoms with Gasteiger partial charge in [0.1, 0.15) is 6.04 Å². The van der Waals surface area contributed by atoms with Crippen LogP contribution in [0.2, 0.25) is 15.1 Å². The van der Waals surface area contributed by atoms with Crippen LogP contribution in [0, 0.1) is 0 Å². The molecule has 2 aromatic rings. The lowest BCUT2D eigenvalue weighted by molar-refractivity contribution is -0.117. The Bertz CT molecular complexity index is 899. The fourth-order valence-electron chi connectivity index (χ4n) is 2.50. The third-order valence-electron chi connectivity index (χ3n) is 3.60. The molecule has 0 heterocycles. The molecule has 0 spiro atoms. The third kappa shape index (κ3) is 4.82. The van der Waals surface area contributed by atoms with E-state index >= 15 is 0 Å². The lowest BCUT2D eigenvalue weighted by Crippen LogP contribution is -2.47. The molecule has 2 aromatic carbocycles. The van der Waals surface area contributed by atoms with Crippen LogP contribution in [0.15, 0.2) is 42.5 Å². The average molecular weight is 436 g/mol. The van der Waals surface area contributed by atoms with Crippen molar-refractivity contribution in [2.75, 3.05) is 15.9 Å². The van der Waals surface area contributed by atoms with E-state index < -0.39 is 22.0 Å². The SMILES string of the molecule is CC[C@H](C(=O)Nc1c(Cl)cccc1Cl)N(c1cccc(Cl)c1)S(C)(=O)=O. The average Bonchev–Trinajstić information content (AvgIpc) is 2.54. The van der Waals surface area contributed by atoms with E-state index in [0.717, 1.165) is 10.6 Å². The van der Waals surface area contributed by atoms with E-state index in [9.17, 15) is 13.2 Å². The molecule has 2 rings (SSSR count). The number of hydrogen-bond acceptors (Lipinski definition) is 3. The molecule has 0 saturated heterocycles. The molecule has 0 aliphatic heterocycles. The Hall–Kier alpha value is -1.47. The van der Waals surface area contributed by atoms with Crippen LogP contribution in [0.1, 0.15) is 13.3 Å². The normalized spacial score (nSPS) is 12.5. The van der Waals surface area contributed by atoms with Crippen LogP contribution in [-0.4, -0.2) is 26.6 Å². The first-order chi connectivity index (χ1) is 12.1. The maximum atomic E-state index is 12.8. The lowest BCUT2D eigenvalue weighted by Gasteiger charge is -2.30. The van der Waals surface area contributed by atoms with E-state index in [4.69, 9.17) is 34.8 Å². The van der Waals surface area contributed by atoms with Gasteiger partial charge in [0, 0.05) is 5.02 Å². The number of halogens is 3. The second kappa shape index (κ2) is 8.48. The first-order valence-electron chi connectivity index (χ1n) is 7.65. The fraction of sp³-hybridized carbons (Fsp3) is 0.235. The van der Waals surface area contributed by atoms with Crippen LogP contribution in [0.5, 0.6) is 0 Å². The standard InChI is InChI=1S/C17H17Cl3N2O3S/c1-3-15(17(23)21-16-13(19)8-5-9-14(16)20)22(26(2,24)25)12-7-4-6-11(18)10-12/h4-10,15H,3H2,1-2H3,(H,21,23)/t15-/m1/s1. The van der Waals surface area contributed by atoms with Gasteiger partial charge in [0.2, 0.25) is 15.9 Å². The van der Waals surface area contributed by atoms with Crippen LogP contribution in [-0.2, 0) is 14.8 Å². The summed E-state index contributed by atoms with van der Waals surface area (Å²) in [5.74, 6) is -0.548. The minimum absolute atomic E-state index is 0.230. The van der Waals surface area contributed by atoms with Gasteiger partial charge < -0.3 is 5.32 Å². The van der Waals surface area contributed by atoms with E-state index in [1.54, 1.807) is 43.3 Å². The van der Waals surface area contributed by atoms with Crippen molar-refractivity contribution in [3.8, 4) is 0 Å². The number of nitrogens with zero attached hydrogens (tertiary/aromatic N) is 1. The van der Waals surface area contributed by atoms with E-state index in [0.29, 0.717) is 10.7 Å². The van der Waals surface area contributed by atoms with Crippen molar-refractivity contribution in [3.63, 3.8) is 0 Å². The predicted octanol–water partition coefficient (Wildman–Crippen LogP) is 4.83. The Kier molecular flexibility index (Phi) is 6.80. The number of anilines is 2. The summed E-state index contributed by atoms with van der Waals surface area (Å²) < 4.78 is 25.8. The van der Waals surface area contributed by atoms with Crippen LogP contribution in [0.3, 0.4) is 0 Å². The van der Waals surface area contributed by atoms with Crippen molar-refractivity contribution in [3.05, 3.63) is 57.5 Å². The molecule has 26 heavy (non-hydrogen) atoms. The molecule has 0 bridgehead atoms. The van der Waals surface area contributed by atoms with Gasteiger partial charge in [-0.2, -0.15) is 0 Å². The topological polar surface area (TPSA) is 66.5 Å². The molecular formula is C17H17Cl3N2O3S. The summed E-state index contributed by atoms with van der Waals surface area (Å²) in [6.45, 7) is 1.71. The van der Waals surface area contributed by atoms with Crippen LogP contribution in [0.25, 0.3) is 0 Å². The Morgan fingerprint density at radius 1 is 1.12 bits per heavy atom. The molecule has 1 N–H and O–H groups in total. The Labute approximate surface area is 167 Å². The van der Waals surface area contributed by atoms with Gasteiger partial charge in [-0.1, -0.05) is 53.9 Å². The van der Waals surface area contributed by atoms with E-state index in [2.05, 4.69) is 5.32 Å². The zero-order valence-electron chi connectivity index (χ0n) is 14.0. The highest BCUT2D eigenvalue weighted by molar-refractivity contribution is 7.92. The second-order valence-electron chi connectivity index (χ2n) is 5.55. The number of carbonyl (C=O) groups is 1. The molecular weight excluding hydrogens is 419 g/mol. The van der Waals surface area contributed by atoms with Crippen molar-refractivity contribution < 1.29 is 13.2 Å². The molecule has 1 amide bonds. The minimum Gasteiger partial charge on any atom is -0.322 e. The molecule has 0 unspecified atom stereocenters. The number of para-hydroxylation sites is 1. The van der Waals surface area contributed by atoms with Crippen molar-refractivity contribution >= 4 is 62.1 Å². The van der Waals surface area contributed by atoms with Crippen molar-refractivity contribution in [2.24, 2.45) is 0 Å². The molecule has 0 saturated carbocycles. The maximum Gasteiger partial charge on any atom is 0.248 e. The predicted molar refractivity (Wildman–Crippen MR) is 108 cm³/mol. The van der Waals surface area contributed by atoms with Gasteiger partial charge in [0.25, 0.3) is 0 Å². The van der Waals surface area contributed by atoms with E-state index in [-0.39, 0.29) is 22.2 Å².